The third-order valence-corrected chi connectivity index (χ3v) is 2.47. The maximum absolute atomic E-state index is 11.6. The van der Waals surface area contributed by atoms with Crippen LogP contribution >= 0.6 is 0 Å². The Hall–Kier alpha value is -1.32. The molecule has 90 valence electrons. The van der Waals surface area contributed by atoms with Crippen molar-refractivity contribution in [3.63, 3.8) is 0 Å². The normalized spacial score (nSPS) is 10.4. The average Bonchev–Trinajstić information content (AvgIpc) is 2.27. The van der Waals surface area contributed by atoms with Crippen LogP contribution in [0.4, 0.5) is 5.69 Å². The van der Waals surface area contributed by atoms with E-state index >= 15 is 0 Å². The number of hydrogen-bond acceptors (Lipinski definition) is 3. The number of nitrogens with zero attached hydrogens (tertiary/aromatic N) is 2. The summed E-state index contributed by atoms with van der Waals surface area (Å²) in [6.07, 6.45) is 6.34. The van der Waals surface area contributed by atoms with Gasteiger partial charge in [-0.05, 0) is 13.3 Å². The van der Waals surface area contributed by atoms with Crippen LogP contribution < -0.4 is 10.9 Å². The Labute approximate surface area is 96.7 Å². The number of rotatable bonds is 7. The molecule has 1 aromatic rings. The summed E-state index contributed by atoms with van der Waals surface area (Å²) in [6, 6.07) is 1.61. The predicted molar refractivity (Wildman–Crippen MR) is 66.8 cm³/mol. The van der Waals surface area contributed by atoms with Crippen LogP contribution in [0.2, 0.25) is 0 Å². The molecule has 0 aliphatic rings. The average molecular weight is 223 g/mol. The molecule has 4 heteroatoms. The first-order valence-electron chi connectivity index (χ1n) is 6.09. The standard InChI is InChI=1S/C12H21N3O/c1-3-5-6-7-8-15-12(16)9-11(10-14-15)13-4-2/h9-10,13H,3-8H2,1-2H3. The zero-order chi connectivity index (χ0) is 11.8. The van der Waals surface area contributed by atoms with Crippen molar-refractivity contribution < 1.29 is 0 Å². The van der Waals surface area contributed by atoms with Crippen molar-refractivity contribution in [3.05, 3.63) is 22.6 Å². The van der Waals surface area contributed by atoms with Gasteiger partial charge in [0.1, 0.15) is 0 Å². The van der Waals surface area contributed by atoms with E-state index in [1.165, 1.54) is 23.9 Å². The molecule has 16 heavy (non-hydrogen) atoms. The Kier molecular flexibility index (Phi) is 5.61. The van der Waals surface area contributed by atoms with Crippen LogP contribution in [0.1, 0.15) is 39.5 Å². The quantitative estimate of drug-likeness (QED) is 0.721. The topological polar surface area (TPSA) is 46.9 Å². The molecule has 0 aliphatic carbocycles. The van der Waals surface area contributed by atoms with Crippen molar-refractivity contribution in [1.29, 1.82) is 0 Å². The van der Waals surface area contributed by atoms with Crippen LogP contribution in [0.25, 0.3) is 0 Å². The van der Waals surface area contributed by atoms with Crippen LogP contribution in [0.15, 0.2) is 17.1 Å². The highest BCUT2D eigenvalue weighted by Crippen LogP contribution is 2.01. The Balaban J connectivity index is 2.51. The molecule has 0 aliphatic heterocycles. The van der Waals surface area contributed by atoms with Crippen molar-refractivity contribution >= 4 is 5.69 Å². The molecule has 0 atom stereocenters. The second kappa shape index (κ2) is 7.04. The monoisotopic (exact) mass is 223 g/mol. The molecule has 0 bridgehead atoms. The Morgan fingerprint density at radius 2 is 2.12 bits per heavy atom. The van der Waals surface area contributed by atoms with E-state index in [1.807, 2.05) is 6.92 Å². The molecule has 1 heterocycles. The van der Waals surface area contributed by atoms with Crippen molar-refractivity contribution in [2.75, 3.05) is 11.9 Å². The number of aryl methyl sites for hydroxylation is 1. The lowest BCUT2D eigenvalue weighted by Crippen LogP contribution is -2.22. The number of unbranched alkanes of at least 4 members (excludes halogenated alkanes) is 3. The van der Waals surface area contributed by atoms with Crippen molar-refractivity contribution in [2.45, 2.75) is 46.1 Å². The maximum Gasteiger partial charge on any atom is 0.268 e. The first kappa shape index (κ1) is 12.7. The molecule has 0 radical (unpaired) electrons. The van der Waals surface area contributed by atoms with E-state index < -0.39 is 0 Å². The molecule has 0 unspecified atom stereocenters. The van der Waals surface area contributed by atoms with Crippen molar-refractivity contribution in [1.82, 2.24) is 9.78 Å². The first-order valence-corrected chi connectivity index (χ1v) is 6.09. The summed E-state index contributed by atoms with van der Waals surface area (Å²) >= 11 is 0. The molecule has 0 amide bonds. The summed E-state index contributed by atoms with van der Waals surface area (Å²) in [5.74, 6) is 0. The van der Waals surface area contributed by atoms with Crippen molar-refractivity contribution in [3.8, 4) is 0 Å². The Bertz CT molecular complexity index is 360. The van der Waals surface area contributed by atoms with Gasteiger partial charge < -0.3 is 5.32 Å². The smallest absolute Gasteiger partial charge is 0.268 e. The van der Waals surface area contributed by atoms with Gasteiger partial charge in [-0.15, -0.1) is 0 Å². The predicted octanol–water partition coefficient (Wildman–Crippen LogP) is 2.26. The molecule has 1 rings (SSSR count). The van der Waals surface area contributed by atoms with E-state index in [0.717, 1.165) is 25.2 Å². The van der Waals surface area contributed by atoms with Gasteiger partial charge in [-0.2, -0.15) is 5.10 Å². The van der Waals surface area contributed by atoms with Crippen LogP contribution in [-0.2, 0) is 6.54 Å². The molecule has 0 saturated carbocycles. The molecular weight excluding hydrogens is 202 g/mol. The molecule has 1 aromatic heterocycles. The minimum absolute atomic E-state index is 0.0186. The summed E-state index contributed by atoms with van der Waals surface area (Å²) in [5.41, 5.74) is 0.784. The second-order valence-corrected chi connectivity index (χ2v) is 3.90. The van der Waals surface area contributed by atoms with E-state index in [0.29, 0.717) is 0 Å². The number of nitrogens with one attached hydrogen (secondary N) is 1. The molecule has 0 spiro atoms. The molecular formula is C12H21N3O. The lowest BCUT2D eigenvalue weighted by atomic mass is 10.2. The number of aromatic nitrogens is 2. The fraction of sp³-hybridized carbons (Fsp3) is 0.667. The maximum atomic E-state index is 11.6. The van der Waals surface area contributed by atoms with Crippen molar-refractivity contribution in [2.24, 2.45) is 0 Å². The summed E-state index contributed by atoms with van der Waals surface area (Å²) in [5, 5.41) is 7.21. The van der Waals surface area contributed by atoms with Gasteiger partial charge in [0.25, 0.3) is 5.56 Å². The molecule has 0 fully saturated rings. The Morgan fingerprint density at radius 1 is 1.31 bits per heavy atom. The molecule has 4 nitrogen and oxygen atoms in total. The number of hydrogen-bond donors (Lipinski definition) is 1. The van der Waals surface area contributed by atoms with Crippen LogP contribution in [0.5, 0.6) is 0 Å². The van der Waals surface area contributed by atoms with Crippen LogP contribution in [0, 0.1) is 0 Å². The lowest BCUT2D eigenvalue weighted by molar-refractivity contribution is 0.519. The second-order valence-electron chi connectivity index (χ2n) is 3.90. The lowest BCUT2D eigenvalue weighted by Gasteiger charge is -2.06. The molecule has 1 N–H and O–H groups in total. The third kappa shape index (κ3) is 4.04. The highest BCUT2D eigenvalue weighted by molar-refractivity contribution is 5.38. The zero-order valence-corrected chi connectivity index (χ0v) is 10.2. The largest absolute Gasteiger partial charge is 0.384 e. The third-order valence-electron chi connectivity index (χ3n) is 2.47. The highest BCUT2D eigenvalue weighted by Gasteiger charge is 1.98. The van der Waals surface area contributed by atoms with Gasteiger partial charge in [-0.25, -0.2) is 4.68 Å². The van der Waals surface area contributed by atoms with Gasteiger partial charge in [-0.3, -0.25) is 4.79 Å². The van der Waals surface area contributed by atoms with E-state index in [2.05, 4.69) is 17.3 Å². The fourth-order valence-electron chi connectivity index (χ4n) is 1.59. The first-order chi connectivity index (χ1) is 7.77. The minimum Gasteiger partial charge on any atom is -0.384 e. The van der Waals surface area contributed by atoms with Gasteiger partial charge in [-0.1, -0.05) is 26.2 Å². The van der Waals surface area contributed by atoms with Gasteiger partial charge >= 0.3 is 0 Å². The van der Waals surface area contributed by atoms with E-state index in [9.17, 15) is 4.79 Å². The van der Waals surface area contributed by atoms with E-state index in [4.69, 9.17) is 0 Å². The van der Waals surface area contributed by atoms with E-state index in [-0.39, 0.29) is 5.56 Å². The van der Waals surface area contributed by atoms with E-state index in [1.54, 1.807) is 12.3 Å². The minimum atomic E-state index is -0.0186. The summed E-state index contributed by atoms with van der Waals surface area (Å²) in [6.45, 7) is 5.71. The Morgan fingerprint density at radius 3 is 2.75 bits per heavy atom. The molecule has 0 aromatic carbocycles. The van der Waals surface area contributed by atoms with Gasteiger partial charge in [0.15, 0.2) is 0 Å². The summed E-state index contributed by atoms with van der Waals surface area (Å²) < 4.78 is 1.54. The van der Waals surface area contributed by atoms with Gasteiger partial charge in [0.2, 0.25) is 0 Å². The van der Waals surface area contributed by atoms with Gasteiger partial charge in [0.05, 0.1) is 11.9 Å². The SMILES string of the molecule is CCCCCCn1ncc(NCC)cc1=O. The van der Waals surface area contributed by atoms with Crippen LogP contribution in [-0.4, -0.2) is 16.3 Å². The highest BCUT2D eigenvalue weighted by atomic mass is 16.1. The summed E-state index contributed by atoms with van der Waals surface area (Å²) in [7, 11) is 0. The van der Waals surface area contributed by atoms with Gasteiger partial charge in [0, 0.05) is 19.2 Å². The molecule has 0 saturated heterocycles. The number of anilines is 1. The zero-order valence-electron chi connectivity index (χ0n) is 10.2. The summed E-state index contributed by atoms with van der Waals surface area (Å²) in [4.78, 5) is 11.6. The van der Waals surface area contributed by atoms with Crippen LogP contribution in [0.3, 0.4) is 0 Å². The fourth-order valence-corrected chi connectivity index (χ4v) is 1.59.